The van der Waals surface area contributed by atoms with Crippen LogP contribution in [-0.2, 0) is 17.6 Å². The summed E-state index contributed by atoms with van der Waals surface area (Å²) in [5.74, 6) is 0.470. The quantitative estimate of drug-likeness (QED) is 0.849. The molecule has 0 aliphatic heterocycles. The number of hydrogen-bond acceptors (Lipinski definition) is 4. The van der Waals surface area contributed by atoms with Gasteiger partial charge in [0.1, 0.15) is 5.82 Å². The van der Waals surface area contributed by atoms with Crippen molar-refractivity contribution in [1.82, 2.24) is 9.97 Å². The minimum atomic E-state index is -0.0914. The van der Waals surface area contributed by atoms with Gasteiger partial charge in [0, 0.05) is 24.2 Å². The standard InChI is InChI=1S/C14H14N4O/c15-11-6-9-5-10(7-12(9)17-8-11)14(19)18-13-3-1-2-4-16-13/h1-4,6,8,10H,5,7,15H2,(H,16,18,19). The van der Waals surface area contributed by atoms with Crippen molar-refractivity contribution in [2.24, 2.45) is 5.92 Å². The van der Waals surface area contributed by atoms with Gasteiger partial charge in [-0.15, -0.1) is 0 Å². The fourth-order valence-electron chi connectivity index (χ4n) is 2.34. The van der Waals surface area contributed by atoms with E-state index < -0.39 is 0 Å². The second kappa shape index (κ2) is 4.68. The third-order valence-corrected chi connectivity index (χ3v) is 3.27. The molecule has 1 amide bonds. The highest BCUT2D eigenvalue weighted by Gasteiger charge is 2.28. The number of carbonyl (C=O) groups is 1. The van der Waals surface area contributed by atoms with E-state index in [0.717, 1.165) is 11.3 Å². The average molecular weight is 254 g/mol. The van der Waals surface area contributed by atoms with E-state index in [9.17, 15) is 4.79 Å². The molecule has 0 aromatic carbocycles. The molecular formula is C14H14N4O. The van der Waals surface area contributed by atoms with Crippen molar-refractivity contribution in [3.8, 4) is 0 Å². The Hall–Kier alpha value is -2.43. The molecule has 19 heavy (non-hydrogen) atoms. The van der Waals surface area contributed by atoms with Gasteiger partial charge in [-0.2, -0.15) is 0 Å². The number of fused-ring (bicyclic) bond motifs is 1. The fourth-order valence-corrected chi connectivity index (χ4v) is 2.34. The zero-order chi connectivity index (χ0) is 13.2. The molecule has 0 radical (unpaired) electrons. The number of anilines is 2. The van der Waals surface area contributed by atoms with Crippen LogP contribution in [0.15, 0.2) is 36.7 Å². The maximum absolute atomic E-state index is 12.2. The van der Waals surface area contributed by atoms with Crippen LogP contribution in [-0.4, -0.2) is 15.9 Å². The van der Waals surface area contributed by atoms with Crippen molar-refractivity contribution in [3.05, 3.63) is 47.9 Å². The molecule has 3 N–H and O–H groups in total. The Morgan fingerprint density at radius 3 is 3.00 bits per heavy atom. The Morgan fingerprint density at radius 2 is 2.21 bits per heavy atom. The van der Waals surface area contributed by atoms with Crippen LogP contribution in [0.4, 0.5) is 11.5 Å². The van der Waals surface area contributed by atoms with Crippen LogP contribution in [0.25, 0.3) is 0 Å². The lowest BCUT2D eigenvalue weighted by molar-refractivity contribution is -0.119. The lowest BCUT2D eigenvalue weighted by Gasteiger charge is -2.09. The molecule has 0 spiro atoms. The third kappa shape index (κ3) is 2.40. The number of nitrogens with one attached hydrogen (secondary N) is 1. The van der Waals surface area contributed by atoms with Gasteiger partial charge >= 0.3 is 0 Å². The zero-order valence-corrected chi connectivity index (χ0v) is 10.3. The molecule has 5 heteroatoms. The Morgan fingerprint density at radius 1 is 1.32 bits per heavy atom. The van der Waals surface area contributed by atoms with Gasteiger partial charge in [-0.25, -0.2) is 4.98 Å². The highest BCUT2D eigenvalue weighted by Crippen LogP contribution is 2.27. The maximum atomic E-state index is 12.2. The number of rotatable bonds is 2. The third-order valence-electron chi connectivity index (χ3n) is 3.27. The van der Waals surface area contributed by atoms with E-state index in [0.29, 0.717) is 24.3 Å². The maximum Gasteiger partial charge on any atom is 0.229 e. The van der Waals surface area contributed by atoms with Crippen LogP contribution < -0.4 is 11.1 Å². The van der Waals surface area contributed by atoms with E-state index in [2.05, 4.69) is 15.3 Å². The number of pyridine rings is 2. The molecule has 1 aliphatic carbocycles. The predicted octanol–water partition coefficient (Wildman–Crippen LogP) is 1.41. The Kier molecular flexibility index (Phi) is 2.87. The summed E-state index contributed by atoms with van der Waals surface area (Å²) in [5.41, 5.74) is 8.38. The molecule has 0 saturated carbocycles. The van der Waals surface area contributed by atoms with Gasteiger partial charge in [0.05, 0.1) is 11.9 Å². The fraction of sp³-hybridized carbons (Fsp3) is 0.214. The van der Waals surface area contributed by atoms with Gasteiger partial charge < -0.3 is 11.1 Å². The van der Waals surface area contributed by atoms with Crippen LogP contribution in [0, 0.1) is 5.92 Å². The number of aromatic nitrogens is 2. The lowest BCUT2D eigenvalue weighted by Crippen LogP contribution is -2.23. The van der Waals surface area contributed by atoms with Crippen LogP contribution >= 0.6 is 0 Å². The summed E-state index contributed by atoms with van der Waals surface area (Å²) in [4.78, 5) is 20.5. The van der Waals surface area contributed by atoms with Crippen LogP contribution in [0.2, 0.25) is 0 Å². The van der Waals surface area contributed by atoms with Gasteiger partial charge in [0.15, 0.2) is 0 Å². The summed E-state index contributed by atoms with van der Waals surface area (Å²) in [6.45, 7) is 0. The first-order chi connectivity index (χ1) is 9.22. The van der Waals surface area contributed by atoms with Crippen molar-refractivity contribution in [2.75, 3.05) is 11.1 Å². The van der Waals surface area contributed by atoms with Crippen LogP contribution in [0.3, 0.4) is 0 Å². The SMILES string of the molecule is Nc1cnc2c(c1)CC(C(=O)Nc1ccccn1)C2. The average Bonchev–Trinajstić information content (AvgIpc) is 2.83. The second-order valence-electron chi connectivity index (χ2n) is 4.68. The molecule has 96 valence electrons. The van der Waals surface area contributed by atoms with E-state index >= 15 is 0 Å². The summed E-state index contributed by atoms with van der Waals surface area (Å²) in [6.07, 6.45) is 4.64. The smallest absolute Gasteiger partial charge is 0.229 e. The van der Waals surface area contributed by atoms with Gasteiger partial charge in [0.25, 0.3) is 0 Å². The van der Waals surface area contributed by atoms with E-state index in [1.165, 1.54) is 0 Å². The molecule has 5 nitrogen and oxygen atoms in total. The molecule has 1 aliphatic rings. The molecular weight excluding hydrogens is 240 g/mol. The van der Waals surface area contributed by atoms with Crippen LogP contribution in [0.5, 0.6) is 0 Å². The molecule has 0 fully saturated rings. The molecule has 3 rings (SSSR count). The van der Waals surface area contributed by atoms with Crippen molar-refractivity contribution >= 4 is 17.4 Å². The number of nitrogen functional groups attached to an aromatic ring is 1. The highest BCUT2D eigenvalue weighted by atomic mass is 16.1. The van der Waals surface area contributed by atoms with Crippen molar-refractivity contribution in [3.63, 3.8) is 0 Å². The van der Waals surface area contributed by atoms with Crippen LogP contribution in [0.1, 0.15) is 11.3 Å². The van der Waals surface area contributed by atoms with E-state index in [1.807, 2.05) is 18.2 Å². The number of carbonyl (C=O) groups excluding carboxylic acids is 1. The summed E-state index contributed by atoms with van der Waals surface area (Å²) in [7, 11) is 0. The number of amides is 1. The second-order valence-corrected chi connectivity index (χ2v) is 4.68. The number of nitrogens with zero attached hydrogens (tertiary/aromatic N) is 2. The highest BCUT2D eigenvalue weighted by molar-refractivity contribution is 5.92. The number of hydrogen-bond donors (Lipinski definition) is 2. The summed E-state index contributed by atoms with van der Waals surface area (Å²) < 4.78 is 0. The van der Waals surface area contributed by atoms with E-state index in [4.69, 9.17) is 5.73 Å². The zero-order valence-electron chi connectivity index (χ0n) is 10.3. The molecule has 1 unspecified atom stereocenters. The van der Waals surface area contributed by atoms with Crippen molar-refractivity contribution in [2.45, 2.75) is 12.8 Å². The van der Waals surface area contributed by atoms with Gasteiger partial charge in [-0.3, -0.25) is 9.78 Å². The number of nitrogens with two attached hydrogens (primary N) is 1. The first-order valence-corrected chi connectivity index (χ1v) is 6.17. The molecule has 2 aromatic rings. The molecule has 0 saturated heterocycles. The summed E-state index contributed by atoms with van der Waals surface area (Å²) in [6, 6.07) is 7.33. The van der Waals surface area contributed by atoms with Gasteiger partial charge in [-0.1, -0.05) is 6.07 Å². The lowest BCUT2D eigenvalue weighted by atomic mass is 10.1. The Bertz CT molecular complexity index is 612. The van der Waals surface area contributed by atoms with E-state index in [-0.39, 0.29) is 11.8 Å². The van der Waals surface area contributed by atoms with E-state index in [1.54, 1.807) is 18.5 Å². The largest absolute Gasteiger partial charge is 0.397 e. The molecule has 2 heterocycles. The summed E-state index contributed by atoms with van der Waals surface area (Å²) in [5, 5.41) is 2.82. The first kappa shape index (κ1) is 11.6. The molecule has 2 aromatic heterocycles. The Labute approximate surface area is 110 Å². The topological polar surface area (TPSA) is 80.9 Å². The van der Waals surface area contributed by atoms with Crippen molar-refractivity contribution in [1.29, 1.82) is 0 Å². The molecule has 1 atom stereocenters. The first-order valence-electron chi connectivity index (χ1n) is 6.17. The minimum Gasteiger partial charge on any atom is -0.397 e. The van der Waals surface area contributed by atoms with Gasteiger partial charge in [-0.05, 0) is 30.2 Å². The van der Waals surface area contributed by atoms with Crippen molar-refractivity contribution < 1.29 is 4.79 Å². The summed E-state index contributed by atoms with van der Waals surface area (Å²) >= 11 is 0. The predicted molar refractivity (Wildman–Crippen MR) is 72.4 cm³/mol. The normalized spacial score (nSPS) is 16.9. The molecule has 0 bridgehead atoms. The van der Waals surface area contributed by atoms with Gasteiger partial charge in [0.2, 0.25) is 5.91 Å². The minimum absolute atomic E-state index is 0.0183. The monoisotopic (exact) mass is 254 g/mol. The Balaban J connectivity index is 1.71.